The molecule has 0 unspecified atom stereocenters. The minimum atomic E-state index is -0.917. The molecule has 0 bridgehead atoms. The topological polar surface area (TPSA) is 72.0 Å². The van der Waals surface area contributed by atoms with Crippen LogP contribution >= 0.6 is 11.6 Å². The molecule has 0 aliphatic carbocycles. The molecule has 0 spiro atoms. The van der Waals surface area contributed by atoms with Crippen LogP contribution in [0.1, 0.15) is 27.8 Å². The molecule has 2 aromatic carbocycles. The fourth-order valence-electron chi connectivity index (χ4n) is 2.24. The molecule has 0 fully saturated rings. The summed E-state index contributed by atoms with van der Waals surface area (Å²) in [6.45, 7) is 1.53. The van der Waals surface area contributed by atoms with Crippen LogP contribution in [-0.2, 0) is 4.74 Å². The molecule has 0 saturated heterocycles. The number of hydrogen-bond acceptors (Lipinski definition) is 4. The molecule has 3 rings (SSSR count). The summed E-state index contributed by atoms with van der Waals surface area (Å²) >= 11 is 5.79. The summed E-state index contributed by atoms with van der Waals surface area (Å²) < 4.78 is 5.25. The van der Waals surface area contributed by atoms with Gasteiger partial charge in [-0.1, -0.05) is 29.8 Å². The number of aromatic amines is 1. The van der Waals surface area contributed by atoms with E-state index in [0.29, 0.717) is 16.0 Å². The zero-order valence-corrected chi connectivity index (χ0v) is 13.0. The average molecular weight is 329 g/mol. The van der Waals surface area contributed by atoms with Crippen LogP contribution in [0.3, 0.4) is 0 Å². The van der Waals surface area contributed by atoms with Crippen molar-refractivity contribution < 1.29 is 14.3 Å². The first kappa shape index (κ1) is 15.2. The van der Waals surface area contributed by atoms with Crippen molar-refractivity contribution in [1.29, 1.82) is 0 Å². The van der Waals surface area contributed by atoms with Crippen molar-refractivity contribution in [1.82, 2.24) is 10.2 Å². The summed E-state index contributed by atoms with van der Waals surface area (Å²) in [5.74, 6) is -0.938. The van der Waals surface area contributed by atoms with Crippen molar-refractivity contribution in [3.05, 3.63) is 64.8 Å². The number of nitrogens with one attached hydrogen (secondary N) is 1. The lowest BCUT2D eigenvalue weighted by Gasteiger charge is -2.11. The number of H-pyrrole nitrogens is 1. The summed E-state index contributed by atoms with van der Waals surface area (Å²) in [5, 5.41) is 7.92. The molecule has 5 nitrogen and oxygen atoms in total. The van der Waals surface area contributed by atoms with Gasteiger partial charge >= 0.3 is 5.97 Å². The van der Waals surface area contributed by atoms with Gasteiger partial charge < -0.3 is 4.74 Å². The van der Waals surface area contributed by atoms with Crippen LogP contribution in [0.5, 0.6) is 0 Å². The normalized spacial score (nSPS) is 12.1. The number of fused-ring (bicyclic) bond motifs is 1. The number of ketones is 1. The largest absolute Gasteiger partial charge is 0.449 e. The highest BCUT2D eigenvalue weighted by Gasteiger charge is 2.23. The molecule has 3 aromatic rings. The number of halogens is 1. The van der Waals surface area contributed by atoms with Crippen LogP contribution in [0.25, 0.3) is 10.9 Å². The van der Waals surface area contributed by atoms with E-state index in [1.165, 1.54) is 6.92 Å². The third kappa shape index (κ3) is 3.10. The maximum atomic E-state index is 12.3. The van der Waals surface area contributed by atoms with Crippen LogP contribution in [0.2, 0.25) is 5.02 Å². The first-order chi connectivity index (χ1) is 11.1. The summed E-state index contributed by atoms with van der Waals surface area (Å²) in [7, 11) is 0. The Morgan fingerprint density at radius 1 is 1.13 bits per heavy atom. The highest BCUT2D eigenvalue weighted by Crippen LogP contribution is 2.18. The average Bonchev–Trinajstić information content (AvgIpc) is 2.99. The van der Waals surface area contributed by atoms with Crippen molar-refractivity contribution in [2.75, 3.05) is 0 Å². The highest BCUT2D eigenvalue weighted by molar-refractivity contribution is 6.30. The fraction of sp³-hybridized carbons (Fsp3) is 0.118. The van der Waals surface area contributed by atoms with Crippen LogP contribution in [0, 0.1) is 0 Å². The summed E-state index contributed by atoms with van der Waals surface area (Å²) in [4.78, 5) is 24.5. The number of para-hydroxylation sites is 1. The van der Waals surface area contributed by atoms with E-state index >= 15 is 0 Å². The van der Waals surface area contributed by atoms with Crippen LogP contribution < -0.4 is 0 Å². The molecule has 0 amide bonds. The molecule has 116 valence electrons. The standard InChI is InChI=1S/C17H13ClN2O3/c1-10(16(21)11-6-8-12(18)9-7-11)23-17(22)15-13-4-2-3-5-14(13)19-20-15/h2-10H,1H3,(H,19,20)/t10-/m1/s1. The number of aromatic nitrogens is 2. The Kier molecular flexibility index (Phi) is 4.12. The molecule has 0 saturated carbocycles. The quantitative estimate of drug-likeness (QED) is 0.586. The van der Waals surface area contributed by atoms with Gasteiger partial charge in [-0.2, -0.15) is 5.10 Å². The van der Waals surface area contributed by atoms with Gasteiger partial charge in [0, 0.05) is 16.0 Å². The van der Waals surface area contributed by atoms with E-state index in [9.17, 15) is 9.59 Å². The van der Waals surface area contributed by atoms with Crippen molar-refractivity contribution in [3.63, 3.8) is 0 Å². The van der Waals surface area contributed by atoms with Crippen LogP contribution in [-0.4, -0.2) is 28.1 Å². The minimum Gasteiger partial charge on any atom is -0.449 e. The molecule has 1 heterocycles. The monoisotopic (exact) mass is 328 g/mol. The third-order valence-electron chi connectivity index (χ3n) is 3.45. The van der Waals surface area contributed by atoms with E-state index in [2.05, 4.69) is 10.2 Å². The van der Waals surface area contributed by atoms with E-state index in [0.717, 1.165) is 5.52 Å². The van der Waals surface area contributed by atoms with Crippen molar-refractivity contribution in [2.45, 2.75) is 13.0 Å². The maximum Gasteiger partial charge on any atom is 0.360 e. The molecule has 1 atom stereocenters. The Hall–Kier alpha value is -2.66. The fourth-order valence-corrected chi connectivity index (χ4v) is 2.36. The summed E-state index contributed by atoms with van der Waals surface area (Å²) in [6, 6.07) is 13.6. The first-order valence-electron chi connectivity index (χ1n) is 7.00. The second-order valence-corrected chi connectivity index (χ2v) is 5.47. The molecule has 0 aliphatic heterocycles. The van der Waals surface area contributed by atoms with Gasteiger partial charge in [0.1, 0.15) is 0 Å². The first-order valence-corrected chi connectivity index (χ1v) is 7.38. The van der Waals surface area contributed by atoms with E-state index in [1.54, 1.807) is 42.5 Å². The van der Waals surface area contributed by atoms with Crippen molar-refractivity contribution >= 4 is 34.3 Å². The second kappa shape index (κ2) is 6.22. The number of benzene rings is 2. The number of hydrogen-bond donors (Lipinski definition) is 1. The van der Waals surface area contributed by atoms with Gasteiger partial charge in [-0.05, 0) is 37.3 Å². The molecular weight excluding hydrogens is 316 g/mol. The van der Waals surface area contributed by atoms with Gasteiger partial charge in [0.2, 0.25) is 5.78 Å². The van der Waals surface area contributed by atoms with E-state index in [1.807, 2.05) is 6.07 Å². The molecule has 0 radical (unpaired) electrons. The number of Topliss-reactive ketones (excluding diaryl/α,β-unsaturated/α-hetero) is 1. The Balaban J connectivity index is 1.77. The molecule has 0 aliphatic rings. The van der Waals surface area contributed by atoms with Gasteiger partial charge in [-0.3, -0.25) is 9.89 Å². The van der Waals surface area contributed by atoms with E-state index in [4.69, 9.17) is 16.3 Å². The van der Waals surface area contributed by atoms with Crippen LogP contribution in [0.4, 0.5) is 0 Å². The predicted molar refractivity (Wildman–Crippen MR) is 86.8 cm³/mol. The number of nitrogens with zero attached hydrogens (tertiary/aromatic N) is 1. The number of ether oxygens (including phenoxy) is 1. The maximum absolute atomic E-state index is 12.3. The lowest BCUT2D eigenvalue weighted by atomic mass is 10.1. The minimum absolute atomic E-state index is 0.163. The summed E-state index contributed by atoms with van der Waals surface area (Å²) in [5.41, 5.74) is 1.33. The Morgan fingerprint density at radius 3 is 2.57 bits per heavy atom. The number of rotatable bonds is 4. The Morgan fingerprint density at radius 2 is 1.83 bits per heavy atom. The predicted octanol–water partition coefficient (Wildman–Crippen LogP) is 3.64. The molecule has 1 aromatic heterocycles. The molecule has 6 heteroatoms. The van der Waals surface area contributed by atoms with Crippen molar-refractivity contribution in [2.24, 2.45) is 0 Å². The van der Waals surface area contributed by atoms with Crippen LogP contribution in [0.15, 0.2) is 48.5 Å². The van der Waals surface area contributed by atoms with E-state index in [-0.39, 0.29) is 11.5 Å². The van der Waals surface area contributed by atoms with Crippen molar-refractivity contribution in [3.8, 4) is 0 Å². The highest BCUT2D eigenvalue weighted by atomic mass is 35.5. The van der Waals surface area contributed by atoms with Gasteiger partial charge in [0.15, 0.2) is 11.8 Å². The lowest BCUT2D eigenvalue weighted by molar-refractivity contribution is 0.0315. The Labute approximate surface area is 137 Å². The molecular formula is C17H13ClN2O3. The van der Waals surface area contributed by atoms with Gasteiger partial charge in [-0.15, -0.1) is 0 Å². The lowest BCUT2D eigenvalue weighted by Crippen LogP contribution is -2.24. The molecule has 1 N–H and O–H groups in total. The molecule has 23 heavy (non-hydrogen) atoms. The van der Waals surface area contributed by atoms with Gasteiger partial charge in [0.25, 0.3) is 0 Å². The van der Waals surface area contributed by atoms with Gasteiger partial charge in [0.05, 0.1) is 5.52 Å². The van der Waals surface area contributed by atoms with Gasteiger partial charge in [-0.25, -0.2) is 4.79 Å². The number of carbonyl (C=O) groups is 2. The van der Waals surface area contributed by atoms with E-state index < -0.39 is 12.1 Å². The number of esters is 1. The zero-order valence-electron chi connectivity index (χ0n) is 12.2. The SMILES string of the molecule is C[C@@H](OC(=O)c1n[nH]c2ccccc12)C(=O)c1ccc(Cl)cc1. The third-order valence-corrected chi connectivity index (χ3v) is 3.70. The second-order valence-electron chi connectivity index (χ2n) is 5.04. The zero-order chi connectivity index (χ0) is 16.4. The Bertz CT molecular complexity index is 871. The number of carbonyl (C=O) groups excluding carboxylic acids is 2. The summed E-state index contributed by atoms with van der Waals surface area (Å²) in [6.07, 6.45) is -0.917. The smallest absolute Gasteiger partial charge is 0.360 e.